The molecule has 6 heteroatoms. The van der Waals surface area contributed by atoms with Crippen LogP contribution in [0.15, 0.2) is 66.0 Å². The van der Waals surface area contributed by atoms with Crippen LogP contribution in [0, 0.1) is 5.41 Å². The summed E-state index contributed by atoms with van der Waals surface area (Å²) in [6.07, 6.45) is 1.92. The maximum absolute atomic E-state index is 13.2. The van der Waals surface area contributed by atoms with Crippen LogP contribution in [0.4, 0.5) is 0 Å². The number of nitrogens with zero attached hydrogens (tertiary/aromatic N) is 1. The Morgan fingerprint density at radius 2 is 1.97 bits per heavy atom. The first-order valence-electron chi connectivity index (χ1n) is 10.4. The number of benzene rings is 2. The molecule has 1 aliphatic heterocycles. The summed E-state index contributed by atoms with van der Waals surface area (Å²) in [7, 11) is 1.58. The lowest BCUT2D eigenvalue weighted by molar-refractivity contribution is -0.130. The fraction of sp³-hybridized carbons (Fsp3) is 0.280. The normalized spacial score (nSPS) is 18.5. The molecule has 0 spiro atoms. The van der Waals surface area contributed by atoms with Crippen LogP contribution in [-0.4, -0.2) is 36.9 Å². The topological polar surface area (TPSA) is 72.6 Å². The summed E-state index contributed by atoms with van der Waals surface area (Å²) in [6, 6.07) is 19.4. The fourth-order valence-corrected chi connectivity index (χ4v) is 5.17. The fourth-order valence-electron chi connectivity index (χ4n) is 4.39. The molecule has 2 aromatic carbocycles. The molecule has 1 fully saturated rings. The molecule has 0 radical (unpaired) electrons. The number of piperidine rings is 1. The SMILES string of the molecule is COc1cccc(C(=O)N2CCCC(Cc3ccccc3-c3cccs3)(C(N)=O)C2)c1. The molecule has 4 rings (SSSR count). The van der Waals surface area contributed by atoms with Crippen LogP contribution in [0.3, 0.4) is 0 Å². The maximum Gasteiger partial charge on any atom is 0.254 e. The van der Waals surface area contributed by atoms with Crippen molar-refractivity contribution in [1.29, 1.82) is 0 Å². The highest BCUT2D eigenvalue weighted by molar-refractivity contribution is 7.13. The standard InChI is InChI=1S/C25H26N2O3S/c1-30-20-9-4-8-18(15-20)23(28)27-13-6-12-25(17-27,24(26)29)16-19-7-2-3-10-21(19)22-11-5-14-31-22/h2-5,7-11,14-15H,6,12-13,16-17H2,1H3,(H2,26,29). The van der Waals surface area contributed by atoms with E-state index in [4.69, 9.17) is 10.5 Å². The van der Waals surface area contributed by atoms with Gasteiger partial charge in [-0.15, -0.1) is 11.3 Å². The number of carbonyl (C=O) groups excluding carboxylic acids is 2. The smallest absolute Gasteiger partial charge is 0.254 e. The summed E-state index contributed by atoms with van der Waals surface area (Å²) in [4.78, 5) is 28.9. The van der Waals surface area contributed by atoms with Gasteiger partial charge in [0.15, 0.2) is 0 Å². The summed E-state index contributed by atoms with van der Waals surface area (Å²) in [6.45, 7) is 0.925. The van der Waals surface area contributed by atoms with Gasteiger partial charge in [-0.2, -0.15) is 0 Å². The lowest BCUT2D eigenvalue weighted by Gasteiger charge is -2.41. The molecule has 1 aromatic heterocycles. The van der Waals surface area contributed by atoms with Gasteiger partial charge in [-0.05, 0) is 60.0 Å². The Kier molecular flexibility index (Phi) is 6.09. The van der Waals surface area contributed by atoms with Crippen molar-refractivity contribution in [3.05, 3.63) is 77.2 Å². The lowest BCUT2D eigenvalue weighted by atomic mass is 9.73. The predicted molar refractivity (Wildman–Crippen MR) is 123 cm³/mol. The highest BCUT2D eigenvalue weighted by Gasteiger charge is 2.42. The van der Waals surface area contributed by atoms with Crippen LogP contribution in [0.25, 0.3) is 10.4 Å². The lowest BCUT2D eigenvalue weighted by Crippen LogP contribution is -2.53. The van der Waals surface area contributed by atoms with Crippen molar-refractivity contribution in [3.63, 3.8) is 0 Å². The molecule has 2 N–H and O–H groups in total. The van der Waals surface area contributed by atoms with Crippen LogP contribution in [0.2, 0.25) is 0 Å². The number of carbonyl (C=O) groups is 2. The Morgan fingerprint density at radius 1 is 1.13 bits per heavy atom. The number of methoxy groups -OCH3 is 1. The largest absolute Gasteiger partial charge is 0.497 e. The van der Waals surface area contributed by atoms with Crippen LogP contribution >= 0.6 is 11.3 Å². The van der Waals surface area contributed by atoms with Crippen LogP contribution in [0.1, 0.15) is 28.8 Å². The van der Waals surface area contributed by atoms with Crippen molar-refractivity contribution < 1.29 is 14.3 Å². The minimum Gasteiger partial charge on any atom is -0.497 e. The molecule has 1 atom stereocenters. The van der Waals surface area contributed by atoms with Gasteiger partial charge in [0, 0.05) is 23.5 Å². The van der Waals surface area contributed by atoms with Gasteiger partial charge < -0.3 is 15.4 Å². The first-order chi connectivity index (χ1) is 15.0. The van der Waals surface area contributed by atoms with Crippen molar-refractivity contribution >= 4 is 23.2 Å². The van der Waals surface area contributed by atoms with Crippen LogP contribution in [-0.2, 0) is 11.2 Å². The van der Waals surface area contributed by atoms with Gasteiger partial charge in [-0.25, -0.2) is 0 Å². The molecule has 1 unspecified atom stereocenters. The van der Waals surface area contributed by atoms with E-state index in [1.165, 1.54) is 0 Å². The number of thiophene rings is 1. The highest BCUT2D eigenvalue weighted by atomic mass is 32.1. The molecule has 0 bridgehead atoms. The van der Waals surface area contributed by atoms with Crippen LogP contribution < -0.4 is 10.5 Å². The van der Waals surface area contributed by atoms with Gasteiger partial charge in [0.25, 0.3) is 5.91 Å². The Labute approximate surface area is 186 Å². The summed E-state index contributed by atoms with van der Waals surface area (Å²) in [5, 5.41) is 2.05. The molecule has 3 aromatic rings. The Bertz CT molecular complexity index is 1080. The zero-order valence-electron chi connectivity index (χ0n) is 17.5. The average Bonchev–Trinajstić information content (AvgIpc) is 3.34. The summed E-state index contributed by atoms with van der Waals surface area (Å²) in [5.74, 6) is 0.182. The van der Waals surface area contributed by atoms with Crippen molar-refractivity contribution in [1.82, 2.24) is 4.90 Å². The third kappa shape index (κ3) is 4.35. The molecular formula is C25H26N2O3S. The van der Waals surface area contributed by atoms with E-state index in [-0.39, 0.29) is 11.8 Å². The average molecular weight is 435 g/mol. The minimum atomic E-state index is -0.792. The zero-order chi connectivity index (χ0) is 21.8. The molecule has 31 heavy (non-hydrogen) atoms. The second-order valence-electron chi connectivity index (χ2n) is 8.02. The van der Waals surface area contributed by atoms with Crippen molar-refractivity contribution in [2.24, 2.45) is 11.1 Å². The Balaban J connectivity index is 1.63. The third-order valence-corrected chi connectivity index (χ3v) is 6.94. The molecule has 0 aliphatic carbocycles. The molecular weight excluding hydrogens is 408 g/mol. The second-order valence-corrected chi connectivity index (χ2v) is 8.97. The Morgan fingerprint density at radius 3 is 2.71 bits per heavy atom. The van der Waals surface area contributed by atoms with Gasteiger partial charge in [0.2, 0.25) is 5.91 Å². The quantitative estimate of drug-likeness (QED) is 0.626. The van der Waals surface area contributed by atoms with Crippen molar-refractivity contribution in [2.45, 2.75) is 19.3 Å². The van der Waals surface area contributed by atoms with Crippen LogP contribution in [0.5, 0.6) is 5.75 Å². The number of amides is 2. The maximum atomic E-state index is 13.2. The van der Waals surface area contributed by atoms with Gasteiger partial charge in [0.1, 0.15) is 5.75 Å². The highest BCUT2D eigenvalue weighted by Crippen LogP contribution is 2.38. The second kappa shape index (κ2) is 8.94. The summed E-state index contributed by atoms with van der Waals surface area (Å²) < 4.78 is 5.26. The predicted octanol–water partition coefficient (Wildman–Crippen LogP) is 4.37. The first-order valence-corrected chi connectivity index (χ1v) is 11.3. The van der Waals surface area contributed by atoms with E-state index in [0.717, 1.165) is 22.4 Å². The summed E-state index contributed by atoms with van der Waals surface area (Å²) >= 11 is 1.67. The van der Waals surface area contributed by atoms with E-state index >= 15 is 0 Å². The monoisotopic (exact) mass is 434 g/mol. The Hall–Kier alpha value is -3.12. The zero-order valence-corrected chi connectivity index (χ0v) is 18.4. The third-order valence-electron chi connectivity index (χ3n) is 6.04. The minimum absolute atomic E-state index is 0.101. The molecule has 5 nitrogen and oxygen atoms in total. The number of rotatable bonds is 6. The number of hydrogen-bond acceptors (Lipinski definition) is 4. The van der Waals surface area contributed by atoms with E-state index in [1.807, 2.05) is 29.6 Å². The van der Waals surface area contributed by atoms with Gasteiger partial charge in [-0.3, -0.25) is 9.59 Å². The molecule has 160 valence electrons. The molecule has 0 saturated carbocycles. The number of likely N-dealkylation sites (tertiary alicyclic amines) is 1. The van der Waals surface area contributed by atoms with Crippen molar-refractivity contribution in [3.8, 4) is 16.2 Å². The van der Waals surface area contributed by atoms with Gasteiger partial charge in [0.05, 0.1) is 12.5 Å². The summed E-state index contributed by atoms with van der Waals surface area (Å²) in [5.41, 5.74) is 7.94. The molecule has 2 amide bonds. The number of primary amides is 1. The van der Waals surface area contributed by atoms with Gasteiger partial charge in [-0.1, -0.05) is 36.4 Å². The van der Waals surface area contributed by atoms with E-state index < -0.39 is 5.41 Å². The first kappa shape index (κ1) is 21.1. The van der Waals surface area contributed by atoms with E-state index in [0.29, 0.717) is 37.2 Å². The van der Waals surface area contributed by atoms with Gasteiger partial charge >= 0.3 is 0 Å². The number of hydrogen-bond donors (Lipinski definition) is 1. The van der Waals surface area contributed by atoms with E-state index in [9.17, 15) is 9.59 Å². The van der Waals surface area contributed by atoms with Crippen molar-refractivity contribution in [2.75, 3.05) is 20.2 Å². The number of ether oxygens (including phenoxy) is 1. The molecule has 1 aliphatic rings. The van der Waals surface area contributed by atoms with E-state index in [1.54, 1.807) is 41.5 Å². The molecule has 1 saturated heterocycles. The van der Waals surface area contributed by atoms with E-state index in [2.05, 4.69) is 18.2 Å². The number of nitrogens with two attached hydrogens (primary N) is 1. The molecule has 2 heterocycles.